The lowest BCUT2D eigenvalue weighted by Gasteiger charge is -2.27. The third-order valence-corrected chi connectivity index (χ3v) is 4.39. The number of anilines is 1. The van der Waals surface area contributed by atoms with Gasteiger partial charge in [-0.3, -0.25) is 14.6 Å². The van der Waals surface area contributed by atoms with Crippen LogP contribution >= 0.6 is 11.3 Å². The van der Waals surface area contributed by atoms with Gasteiger partial charge in [0.1, 0.15) is 4.88 Å². The molecule has 3 rings (SSSR count). The minimum Gasteiger partial charge on any atom is -0.351 e. The lowest BCUT2D eigenvalue weighted by Crippen LogP contribution is -2.48. The summed E-state index contributed by atoms with van der Waals surface area (Å²) in [6.07, 6.45) is 3.12. The van der Waals surface area contributed by atoms with Crippen molar-refractivity contribution in [2.75, 3.05) is 25.0 Å². The summed E-state index contributed by atoms with van der Waals surface area (Å²) in [5.41, 5.74) is 1.05. The van der Waals surface area contributed by atoms with Crippen LogP contribution in [0.25, 0.3) is 0 Å². The van der Waals surface area contributed by atoms with Crippen molar-refractivity contribution in [3.63, 3.8) is 0 Å². The maximum absolute atomic E-state index is 12.2. The van der Waals surface area contributed by atoms with Crippen LogP contribution in [0, 0.1) is 5.92 Å². The average Bonchev–Trinajstić information content (AvgIpc) is 2.94. The molecular formula is C15H16N4O2S. The molecule has 22 heavy (non-hydrogen) atoms. The monoisotopic (exact) mass is 316 g/mol. The quantitative estimate of drug-likeness (QED) is 0.777. The first kappa shape index (κ1) is 14.7. The minimum atomic E-state index is -0.252. The van der Waals surface area contributed by atoms with Crippen LogP contribution in [0.2, 0.25) is 0 Å². The number of thiophene rings is 1. The van der Waals surface area contributed by atoms with Crippen molar-refractivity contribution in [3.05, 3.63) is 46.4 Å². The van der Waals surface area contributed by atoms with E-state index in [0.29, 0.717) is 28.6 Å². The van der Waals surface area contributed by atoms with E-state index in [1.165, 1.54) is 11.3 Å². The molecule has 3 N–H and O–H groups in total. The zero-order valence-electron chi connectivity index (χ0n) is 11.8. The topological polar surface area (TPSA) is 83.1 Å². The summed E-state index contributed by atoms with van der Waals surface area (Å²) in [4.78, 5) is 28.7. The Morgan fingerprint density at radius 1 is 1.23 bits per heavy atom. The van der Waals surface area contributed by atoms with Gasteiger partial charge in [0.05, 0.1) is 5.69 Å². The highest BCUT2D eigenvalue weighted by molar-refractivity contribution is 7.12. The summed E-state index contributed by atoms with van der Waals surface area (Å²) in [5, 5.41) is 10.6. The third kappa shape index (κ3) is 3.32. The van der Waals surface area contributed by atoms with Crippen LogP contribution in [0.15, 0.2) is 36.0 Å². The van der Waals surface area contributed by atoms with Crippen molar-refractivity contribution in [2.24, 2.45) is 5.92 Å². The second-order valence-corrected chi connectivity index (χ2v) is 6.00. The number of rotatable bonds is 5. The van der Waals surface area contributed by atoms with E-state index in [0.717, 1.165) is 13.1 Å². The Morgan fingerprint density at radius 2 is 2.00 bits per heavy atom. The Kier molecular flexibility index (Phi) is 4.45. The van der Waals surface area contributed by atoms with E-state index in [1.54, 1.807) is 36.0 Å². The molecule has 0 spiro atoms. The van der Waals surface area contributed by atoms with Crippen molar-refractivity contribution >= 4 is 28.8 Å². The molecule has 3 heterocycles. The van der Waals surface area contributed by atoms with Gasteiger partial charge in [-0.1, -0.05) is 0 Å². The highest BCUT2D eigenvalue weighted by atomic mass is 32.1. The van der Waals surface area contributed by atoms with Crippen molar-refractivity contribution in [2.45, 2.75) is 0 Å². The zero-order chi connectivity index (χ0) is 15.4. The van der Waals surface area contributed by atoms with Gasteiger partial charge >= 0.3 is 0 Å². The van der Waals surface area contributed by atoms with Gasteiger partial charge in [-0.25, -0.2) is 0 Å². The smallest absolute Gasteiger partial charge is 0.263 e. The van der Waals surface area contributed by atoms with E-state index in [2.05, 4.69) is 20.9 Å². The second kappa shape index (κ2) is 6.67. The number of nitrogens with zero attached hydrogens (tertiary/aromatic N) is 1. The summed E-state index contributed by atoms with van der Waals surface area (Å²) < 4.78 is 0. The molecule has 7 heteroatoms. The van der Waals surface area contributed by atoms with Crippen molar-refractivity contribution in [1.29, 1.82) is 0 Å². The second-order valence-electron chi connectivity index (χ2n) is 5.09. The molecular weight excluding hydrogens is 300 g/mol. The molecule has 2 aromatic rings. The molecule has 2 amide bonds. The predicted octanol–water partition coefficient (Wildman–Crippen LogP) is 1.34. The van der Waals surface area contributed by atoms with E-state index in [-0.39, 0.29) is 11.8 Å². The lowest BCUT2D eigenvalue weighted by molar-refractivity contribution is 0.0947. The largest absolute Gasteiger partial charge is 0.351 e. The number of aromatic nitrogens is 1. The van der Waals surface area contributed by atoms with Crippen LogP contribution in [0.5, 0.6) is 0 Å². The molecule has 1 aliphatic heterocycles. The highest BCUT2D eigenvalue weighted by Crippen LogP contribution is 2.23. The summed E-state index contributed by atoms with van der Waals surface area (Å²) in [7, 11) is 0. The summed E-state index contributed by atoms with van der Waals surface area (Å²) in [6.45, 7) is 2.54. The van der Waals surface area contributed by atoms with Gasteiger partial charge in [-0.15, -0.1) is 11.3 Å². The molecule has 1 saturated heterocycles. The van der Waals surface area contributed by atoms with Gasteiger partial charge in [-0.05, 0) is 23.6 Å². The normalized spacial score (nSPS) is 14.2. The Balaban J connectivity index is 1.63. The van der Waals surface area contributed by atoms with Gasteiger partial charge in [0, 0.05) is 43.5 Å². The fourth-order valence-electron chi connectivity index (χ4n) is 2.09. The Bertz CT molecular complexity index is 667. The number of carbonyl (C=O) groups excluding carboxylic acids is 2. The molecule has 1 aliphatic rings. The van der Waals surface area contributed by atoms with Crippen molar-refractivity contribution in [1.82, 2.24) is 15.6 Å². The lowest BCUT2D eigenvalue weighted by atomic mass is 10.0. The van der Waals surface area contributed by atoms with Crippen LogP contribution < -0.4 is 16.0 Å². The van der Waals surface area contributed by atoms with Crippen LogP contribution in [0.4, 0.5) is 5.69 Å². The molecule has 0 atom stereocenters. The number of carbonyl (C=O) groups is 2. The maximum Gasteiger partial charge on any atom is 0.263 e. The van der Waals surface area contributed by atoms with Gasteiger partial charge < -0.3 is 16.0 Å². The van der Waals surface area contributed by atoms with E-state index in [1.807, 2.05) is 0 Å². The molecule has 0 aromatic carbocycles. The number of nitrogens with one attached hydrogen (secondary N) is 3. The molecule has 0 aliphatic carbocycles. The molecule has 6 nitrogen and oxygen atoms in total. The molecule has 0 radical (unpaired) electrons. The van der Waals surface area contributed by atoms with Gasteiger partial charge in [0.25, 0.3) is 11.8 Å². The molecule has 0 bridgehead atoms. The van der Waals surface area contributed by atoms with Crippen LogP contribution in [0.3, 0.4) is 0 Å². The van der Waals surface area contributed by atoms with E-state index in [4.69, 9.17) is 0 Å². The zero-order valence-corrected chi connectivity index (χ0v) is 12.7. The fraction of sp³-hybridized carbons (Fsp3) is 0.267. The standard InChI is InChI=1S/C15H16N4O2S/c20-14(11-1-4-16-5-2-11)19-12-3-6-22-13(12)15(21)18-9-10-7-17-8-10/h1-6,10,17H,7-9H2,(H,18,21)(H,19,20). The summed E-state index contributed by atoms with van der Waals surface area (Å²) >= 11 is 1.32. The first-order valence-electron chi connectivity index (χ1n) is 7.02. The van der Waals surface area contributed by atoms with Crippen LogP contribution in [0.1, 0.15) is 20.0 Å². The van der Waals surface area contributed by atoms with E-state index in [9.17, 15) is 9.59 Å². The van der Waals surface area contributed by atoms with Crippen molar-refractivity contribution in [3.8, 4) is 0 Å². The van der Waals surface area contributed by atoms with E-state index >= 15 is 0 Å². The van der Waals surface area contributed by atoms with Crippen LogP contribution in [-0.4, -0.2) is 36.4 Å². The van der Waals surface area contributed by atoms with Crippen molar-refractivity contribution < 1.29 is 9.59 Å². The van der Waals surface area contributed by atoms with Crippen LogP contribution in [-0.2, 0) is 0 Å². The Morgan fingerprint density at radius 3 is 2.68 bits per heavy atom. The predicted molar refractivity (Wildman–Crippen MR) is 85.2 cm³/mol. The first-order valence-corrected chi connectivity index (χ1v) is 7.90. The van der Waals surface area contributed by atoms with Gasteiger partial charge in [0.15, 0.2) is 0 Å². The molecule has 2 aromatic heterocycles. The Hall–Kier alpha value is -2.25. The summed E-state index contributed by atoms with van der Waals surface area (Å²) in [6, 6.07) is 5.00. The molecule has 0 unspecified atom stereocenters. The summed E-state index contributed by atoms with van der Waals surface area (Å²) in [5.74, 6) is 0.101. The highest BCUT2D eigenvalue weighted by Gasteiger charge is 2.20. The SMILES string of the molecule is O=C(Nc1ccsc1C(=O)NCC1CNC1)c1ccncc1. The molecule has 0 saturated carbocycles. The van der Waals surface area contributed by atoms with Gasteiger partial charge in [0.2, 0.25) is 0 Å². The number of pyridine rings is 1. The Labute approximate surface area is 132 Å². The number of hydrogen-bond acceptors (Lipinski definition) is 5. The van der Waals surface area contributed by atoms with E-state index < -0.39 is 0 Å². The van der Waals surface area contributed by atoms with Gasteiger partial charge in [-0.2, -0.15) is 0 Å². The first-order chi connectivity index (χ1) is 10.7. The number of amides is 2. The fourth-order valence-corrected chi connectivity index (χ4v) is 2.86. The minimum absolute atomic E-state index is 0.146. The molecule has 1 fully saturated rings. The number of hydrogen-bond donors (Lipinski definition) is 3. The average molecular weight is 316 g/mol. The molecule has 114 valence electrons. The maximum atomic E-state index is 12.2. The third-order valence-electron chi connectivity index (χ3n) is 3.48.